The zero-order valence-corrected chi connectivity index (χ0v) is 18.6. The Kier molecular flexibility index (Phi) is 7.02. The second-order valence-corrected chi connectivity index (χ2v) is 7.49. The van der Waals surface area contributed by atoms with Crippen molar-refractivity contribution < 1.29 is 19.1 Å². The van der Waals surface area contributed by atoms with E-state index in [-0.39, 0.29) is 25.0 Å². The highest BCUT2D eigenvalue weighted by Crippen LogP contribution is 2.24. The number of hydrogen-bond acceptors (Lipinski definition) is 7. The number of fused-ring (bicyclic) bond motifs is 1. The minimum Gasteiger partial charge on any atom is -0.496 e. The van der Waals surface area contributed by atoms with Crippen LogP contribution in [0.5, 0.6) is 5.75 Å². The summed E-state index contributed by atoms with van der Waals surface area (Å²) in [6.07, 6.45) is 1.81. The molecular weight excluding hydrogens is 396 g/mol. The first-order valence-electron chi connectivity index (χ1n) is 10.1. The predicted molar refractivity (Wildman–Crippen MR) is 118 cm³/mol. The Hall–Kier alpha value is -3.26. The van der Waals surface area contributed by atoms with Crippen LogP contribution in [0.1, 0.15) is 37.5 Å². The third-order valence-corrected chi connectivity index (χ3v) is 5.29. The van der Waals surface area contributed by atoms with Crippen LogP contribution >= 0.6 is 0 Å². The van der Waals surface area contributed by atoms with Crippen molar-refractivity contribution in [3.63, 3.8) is 0 Å². The topological polar surface area (TPSA) is 84.3 Å². The van der Waals surface area contributed by atoms with Gasteiger partial charge in [-0.1, -0.05) is 12.1 Å². The molecule has 1 aromatic heterocycles. The van der Waals surface area contributed by atoms with E-state index in [1.165, 1.54) is 4.90 Å². The van der Waals surface area contributed by atoms with Crippen LogP contribution in [0.25, 0.3) is 0 Å². The number of likely N-dealkylation sites (N-methyl/N-ethyl adjacent to an activating group) is 1. The lowest BCUT2D eigenvalue weighted by atomic mass is 10.1. The van der Waals surface area contributed by atoms with Gasteiger partial charge in [0.1, 0.15) is 12.4 Å². The van der Waals surface area contributed by atoms with Crippen LogP contribution < -0.4 is 4.74 Å². The van der Waals surface area contributed by atoms with Crippen molar-refractivity contribution >= 4 is 17.7 Å². The SMILES string of the molecule is CN=C(CN(C)Cc1ncc(C)c(OC)c1C)OCCN1C(=O)c2ccccc2C1=O. The maximum Gasteiger partial charge on any atom is 0.261 e. The highest BCUT2D eigenvalue weighted by molar-refractivity contribution is 6.21. The summed E-state index contributed by atoms with van der Waals surface area (Å²) >= 11 is 0. The molecule has 0 unspecified atom stereocenters. The number of aryl methyl sites for hydroxylation is 1. The second-order valence-electron chi connectivity index (χ2n) is 7.49. The van der Waals surface area contributed by atoms with Gasteiger partial charge in [0.15, 0.2) is 5.90 Å². The van der Waals surface area contributed by atoms with Crippen LogP contribution in [-0.4, -0.2) is 73.4 Å². The molecule has 2 heterocycles. The number of imide groups is 1. The smallest absolute Gasteiger partial charge is 0.261 e. The Labute approximate surface area is 182 Å². The number of benzene rings is 1. The van der Waals surface area contributed by atoms with Gasteiger partial charge in [-0.2, -0.15) is 0 Å². The number of hydrogen-bond donors (Lipinski definition) is 0. The fourth-order valence-corrected chi connectivity index (χ4v) is 3.65. The van der Waals surface area contributed by atoms with Crippen molar-refractivity contribution in [2.45, 2.75) is 20.4 Å². The summed E-state index contributed by atoms with van der Waals surface area (Å²) < 4.78 is 11.2. The van der Waals surface area contributed by atoms with Gasteiger partial charge in [0, 0.05) is 30.9 Å². The van der Waals surface area contributed by atoms with Gasteiger partial charge in [0.2, 0.25) is 0 Å². The molecule has 1 aliphatic rings. The lowest BCUT2D eigenvalue weighted by Gasteiger charge is -2.21. The molecule has 0 spiro atoms. The molecule has 1 aliphatic heterocycles. The minimum absolute atomic E-state index is 0.172. The summed E-state index contributed by atoms with van der Waals surface area (Å²) in [6.45, 7) is 5.39. The fourth-order valence-electron chi connectivity index (χ4n) is 3.65. The largest absolute Gasteiger partial charge is 0.496 e. The average molecular weight is 425 g/mol. The van der Waals surface area contributed by atoms with Crippen molar-refractivity contribution in [1.82, 2.24) is 14.8 Å². The number of carbonyl (C=O) groups is 2. The van der Waals surface area contributed by atoms with Gasteiger partial charge in [0.05, 0.1) is 37.0 Å². The minimum atomic E-state index is -0.286. The number of nitrogens with zero attached hydrogens (tertiary/aromatic N) is 4. The number of rotatable bonds is 8. The van der Waals surface area contributed by atoms with Gasteiger partial charge >= 0.3 is 0 Å². The zero-order chi connectivity index (χ0) is 22.5. The molecule has 0 N–H and O–H groups in total. The zero-order valence-electron chi connectivity index (χ0n) is 18.6. The Morgan fingerprint density at radius 3 is 2.39 bits per heavy atom. The second kappa shape index (κ2) is 9.70. The molecule has 0 fully saturated rings. The fraction of sp³-hybridized carbons (Fsp3) is 0.391. The van der Waals surface area contributed by atoms with Crippen LogP contribution in [0.15, 0.2) is 35.5 Å². The summed E-state index contributed by atoms with van der Waals surface area (Å²) in [5.74, 6) is 0.799. The molecule has 0 radical (unpaired) electrons. The van der Waals surface area contributed by atoms with Crippen molar-refractivity contribution in [1.29, 1.82) is 0 Å². The third kappa shape index (κ3) is 4.74. The molecule has 164 valence electrons. The van der Waals surface area contributed by atoms with E-state index >= 15 is 0 Å². The predicted octanol–water partition coefficient (Wildman–Crippen LogP) is 2.48. The molecule has 0 saturated carbocycles. The van der Waals surface area contributed by atoms with Crippen molar-refractivity contribution in [2.75, 3.05) is 40.9 Å². The number of ether oxygens (including phenoxy) is 2. The van der Waals surface area contributed by atoms with Crippen molar-refractivity contribution in [3.05, 3.63) is 58.4 Å². The molecule has 8 heteroatoms. The van der Waals surface area contributed by atoms with Crippen molar-refractivity contribution in [3.8, 4) is 5.75 Å². The first-order valence-corrected chi connectivity index (χ1v) is 10.1. The lowest BCUT2D eigenvalue weighted by molar-refractivity contribution is 0.0626. The average Bonchev–Trinajstić information content (AvgIpc) is 3.00. The Balaban J connectivity index is 1.54. The van der Waals surface area contributed by atoms with E-state index in [2.05, 4.69) is 9.98 Å². The van der Waals surface area contributed by atoms with E-state index in [0.29, 0.717) is 30.1 Å². The monoisotopic (exact) mass is 424 g/mol. The van der Waals surface area contributed by atoms with Gasteiger partial charge in [-0.15, -0.1) is 0 Å². The normalized spacial score (nSPS) is 13.7. The lowest BCUT2D eigenvalue weighted by Crippen LogP contribution is -2.35. The third-order valence-electron chi connectivity index (χ3n) is 5.29. The number of pyridine rings is 1. The van der Waals surface area contributed by atoms with E-state index < -0.39 is 0 Å². The first kappa shape index (κ1) is 22.4. The van der Waals surface area contributed by atoms with Gasteiger partial charge in [0.25, 0.3) is 11.8 Å². The van der Waals surface area contributed by atoms with Crippen LogP contribution in [0.3, 0.4) is 0 Å². The molecule has 1 aromatic carbocycles. The van der Waals surface area contributed by atoms with Crippen LogP contribution in [0.4, 0.5) is 0 Å². The maximum atomic E-state index is 12.4. The van der Waals surface area contributed by atoms with Crippen molar-refractivity contribution in [2.24, 2.45) is 4.99 Å². The summed E-state index contributed by atoms with van der Waals surface area (Å²) in [4.78, 5) is 36.8. The van der Waals surface area contributed by atoms with E-state index in [9.17, 15) is 9.59 Å². The Bertz CT molecular complexity index is 984. The standard InChI is InChI=1S/C23H28N4O4/c1-15-12-25-19(16(2)21(15)30-5)13-26(4)14-20(24-3)31-11-10-27-22(28)17-8-6-7-9-18(17)23(27)29/h6-9,12H,10-11,13-14H2,1-5H3. The molecule has 8 nitrogen and oxygen atoms in total. The summed E-state index contributed by atoms with van der Waals surface area (Å²) in [6, 6.07) is 6.84. The number of methoxy groups -OCH3 is 1. The van der Waals surface area contributed by atoms with Gasteiger partial charge in [-0.3, -0.25) is 29.4 Å². The first-order chi connectivity index (χ1) is 14.9. The molecular formula is C23H28N4O4. The highest BCUT2D eigenvalue weighted by atomic mass is 16.5. The Morgan fingerprint density at radius 1 is 1.16 bits per heavy atom. The highest BCUT2D eigenvalue weighted by Gasteiger charge is 2.34. The molecule has 3 rings (SSSR count). The summed E-state index contributed by atoms with van der Waals surface area (Å²) in [7, 11) is 5.27. The summed E-state index contributed by atoms with van der Waals surface area (Å²) in [5, 5.41) is 0. The summed E-state index contributed by atoms with van der Waals surface area (Å²) in [5.41, 5.74) is 3.81. The van der Waals surface area contributed by atoms with Gasteiger partial charge in [-0.05, 0) is 33.0 Å². The molecule has 2 amide bonds. The number of aliphatic imine (C=N–C) groups is 1. The molecule has 0 saturated heterocycles. The van der Waals surface area contributed by atoms with Gasteiger partial charge in [-0.25, -0.2) is 0 Å². The van der Waals surface area contributed by atoms with E-state index in [1.807, 2.05) is 32.0 Å². The number of amides is 2. The van der Waals surface area contributed by atoms with E-state index in [0.717, 1.165) is 22.6 Å². The molecule has 2 aromatic rings. The molecule has 0 bridgehead atoms. The number of aromatic nitrogens is 1. The Morgan fingerprint density at radius 2 is 1.81 bits per heavy atom. The quantitative estimate of drug-likeness (QED) is 0.368. The van der Waals surface area contributed by atoms with Crippen LogP contribution in [0, 0.1) is 13.8 Å². The molecule has 0 atom stereocenters. The van der Waals surface area contributed by atoms with Gasteiger partial charge < -0.3 is 9.47 Å². The van der Waals surface area contributed by atoms with Crippen LogP contribution in [-0.2, 0) is 11.3 Å². The molecule has 0 aliphatic carbocycles. The van der Waals surface area contributed by atoms with E-state index in [4.69, 9.17) is 9.47 Å². The van der Waals surface area contributed by atoms with E-state index in [1.54, 1.807) is 38.4 Å². The number of carbonyl (C=O) groups excluding carboxylic acids is 2. The van der Waals surface area contributed by atoms with Crippen LogP contribution in [0.2, 0.25) is 0 Å². The molecule has 31 heavy (non-hydrogen) atoms. The maximum absolute atomic E-state index is 12.4.